The zero-order chi connectivity index (χ0) is 20.6. The second kappa shape index (κ2) is 8.16. The van der Waals surface area contributed by atoms with Crippen LogP contribution in [-0.2, 0) is 11.3 Å². The first kappa shape index (κ1) is 19.1. The number of ether oxygens (including phenoxy) is 1. The minimum absolute atomic E-state index is 0.206. The van der Waals surface area contributed by atoms with Crippen LogP contribution >= 0.6 is 0 Å². The van der Waals surface area contributed by atoms with Crippen LogP contribution < -0.4 is 0 Å². The fourth-order valence-electron chi connectivity index (χ4n) is 5.32. The van der Waals surface area contributed by atoms with Gasteiger partial charge in [0.2, 0.25) is 0 Å². The molecule has 0 spiro atoms. The van der Waals surface area contributed by atoms with E-state index in [0.717, 1.165) is 56.3 Å². The molecule has 31 heavy (non-hydrogen) atoms. The van der Waals surface area contributed by atoms with E-state index in [-0.39, 0.29) is 12.1 Å². The number of likely N-dealkylation sites (tertiary alicyclic amines) is 1. The lowest BCUT2D eigenvalue weighted by Gasteiger charge is -2.37. The Morgan fingerprint density at radius 3 is 2.77 bits per heavy atom. The summed E-state index contributed by atoms with van der Waals surface area (Å²) in [4.78, 5) is 14.2. The molecule has 3 aliphatic rings. The number of hydrogen-bond donors (Lipinski definition) is 1. The largest absolute Gasteiger partial charge is 0.376 e. The van der Waals surface area contributed by atoms with Gasteiger partial charge >= 0.3 is 0 Å². The van der Waals surface area contributed by atoms with Crippen LogP contribution in [0.15, 0.2) is 43.2 Å². The van der Waals surface area contributed by atoms with Gasteiger partial charge in [-0.25, -0.2) is 9.67 Å². The molecule has 1 saturated heterocycles. The monoisotopic (exact) mass is 419 g/mol. The second-order valence-corrected chi connectivity index (χ2v) is 9.47. The minimum atomic E-state index is 0.206. The van der Waals surface area contributed by atoms with Crippen molar-refractivity contribution >= 4 is 0 Å². The number of aromatic amines is 1. The number of aromatic nitrogens is 6. The van der Waals surface area contributed by atoms with Crippen LogP contribution in [0.3, 0.4) is 0 Å². The Bertz CT molecular complexity index is 985. The molecule has 0 amide bonds. The number of imidazole rings is 1. The summed E-state index contributed by atoms with van der Waals surface area (Å²) < 4.78 is 8.57. The molecule has 3 fully saturated rings. The topological polar surface area (TPSA) is 84.8 Å². The van der Waals surface area contributed by atoms with E-state index >= 15 is 0 Å². The maximum Gasteiger partial charge on any atom is 0.114 e. The van der Waals surface area contributed by atoms with Crippen LogP contribution in [0.5, 0.6) is 0 Å². The van der Waals surface area contributed by atoms with Gasteiger partial charge in [-0.15, -0.1) is 5.10 Å². The molecule has 3 aromatic heterocycles. The van der Waals surface area contributed by atoms with E-state index in [9.17, 15) is 0 Å². The van der Waals surface area contributed by atoms with Crippen molar-refractivity contribution in [2.24, 2.45) is 17.8 Å². The summed E-state index contributed by atoms with van der Waals surface area (Å²) in [6.45, 7) is 4.10. The number of nitrogens with zero attached hydrogens (tertiary/aromatic N) is 6. The van der Waals surface area contributed by atoms with Gasteiger partial charge in [-0.05, 0) is 55.6 Å². The predicted octanol–water partition coefficient (Wildman–Crippen LogP) is 2.94. The molecule has 162 valence electrons. The number of hydrogen-bond acceptors (Lipinski definition) is 6. The zero-order valence-electron chi connectivity index (χ0n) is 17.7. The van der Waals surface area contributed by atoms with Crippen LogP contribution in [-0.4, -0.2) is 60.6 Å². The quantitative estimate of drug-likeness (QED) is 0.634. The molecule has 0 aromatic carbocycles. The first-order chi connectivity index (χ1) is 15.3. The minimum Gasteiger partial charge on any atom is -0.376 e. The Kier molecular flexibility index (Phi) is 5.04. The van der Waals surface area contributed by atoms with Crippen LogP contribution in [0.2, 0.25) is 0 Å². The van der Waals surface area contributed by atoms with Gasteiger partial charge in [-0.1, -0.05) is 5.21 Å². The summed E-state index contributed by atoms with van der Waals surface area (Å²) in [5.41, 5.74) is 3.07. The molecule has 8 nitrogen and oxygen atoms in total. The average Bonchev–Trinajstić information content (AvgIpc) is 3.18. The van der Waals surface area contributed by atoms with E-state index in [1.807, 2.05) is 24.5 Å². The van der Waals surface area contributed by atoms with Gasteiger partial charge in [0.1, 0.15) is 5.69 Å². The summed E-state index contributed by atoms with van der Waals surface area (Å²) in [6, 6.07) is 4.21. The van der Waals surface area contributed by atoms with Crippen molar-refractivity contribution in [2.45, 2.75) is 44.4 Å². The number of nitrogens with one attached hydrogen (secondary N) is 1. The molecular weight excluding hydrogens is 390 g/mol. The van der Waals surface area contributed by atoms with Crippen molar-refractivity contribution < 1.29 is 4.74 Å². The van der Waals surface area contributed by atoms with E-state index in [4.69, 9.17) is 4.74 Å². The smallest absolute Gasteiger partial charge is 0.114 e. The first-order valence-corrected chi connectivity index (χ1v) is 11.5. The third-order valence-corrected chi connectivity index (χ3v) is 7.16. The van der Waals surface area contributed by atoms with Crippen molar-refractivity contribution in [2.75, 3.05) is 19.7 Å². The molecule has 0 unspecified atom stereocenters. The summed E-state index contributed by atoms with van der Waals surface area (Å²) in [6.07, 6.45) is 14.4. The molecule has 1 N–H and O–H groups in total. The van der Waals surface area contributed by atoms with Gasteiger partial charge in [0.15, 0.2) is 0 Å². The molecule has 4 heterocycles. The Balaban J connectivity index is 1.20. The first-order valence-electron chi connectivity index (χ1n) is 11.5. The van der Waals surface area contributed by atoms with Crippen molar-refractivity contribution in [3.63, 3.8) is 0 Å². The Labute approximate surface area is 182 Å². The molecule has 3 aromatic rings. The fraction of sp³-hybridized carbons (Fsp3) is 0.565. The highest BCUT2D eigenvalue weighted by atomic mass is 16.5. The van der Waals surface area contributed by atoms with Crippen LogP contribution in [0.25, 0.3) is 11.3 Å². The van der Waals surface area contributed by atoms with Crippen molar-refractivity contribution in [3.05, 3.63) is 48.9 Å². The summed E-state index contributed by atoms with van der Waals surface area (Å²) in [5.74, 6) is 2.12. The third-order valence-electron chi connectivity index (χ3n) is 7.16. The Hall–Kier alpha value is -2.58. The molecule has 4 atom stereocenters. The van der Waals surface area contributed by atoms with Gasteiger partial charge in [0, 0.05) is 56.1 Å². The molecule has 8 heteroatoms. The zero-order valence-corrected chi connectivity index (χ0v) is 17.7. The summed E-state index contributed by atoms with van der Waals surface area (Å²) >= 11 is 0. The van der Waals surface area contributed by atoms with Gasteiger partial charge in [-0.2, -0.15) is 0 Å². The summed E-state index contributed by atoms with van der Waals surface area (Å²) in [7, 11) is 0. The van der Waals surface area contributed by atoms with Gasteiger partial charge in [0.25, 0.3) is 0 Å². The fourth-order valence-corrected chi connectivity index (χ4v) is 5.32. The average molecular weight is 420 g/mol. The third kappa shape index (κ3) is 4.14. The Morgan fingerprint density at radius 2 is 2.00 bits per heavy atom. The van der Waals surface area contributed by atoms with E-state index in [1.165, 1.54) is 18.5 Å². The lowest BCUT2D eigenvalue weighted by atomic mass is 9.77. The van der Waals surface area contributed by atoms with Crippen molar-refractivity contribution in [1.82, 2.24) is 34.8 Å². The summed E-state index contributed by atoms with van der Waals surface area (Å²) in [5, 5.41) is 8.99. The molecule has 6 rings (SSSR count). The molecule has 1 aliphatic heterocycles. The SMILES string of the molecule is c1cncc(-c2cn([C@@H]3C[C@@H]4CN(Cc5cnc[nH]5)C[C@@H]4C[C@H]3OCC3CC3)nn2)c1. The molecule has 0 bridgehead atoms. The van der Waals surface area contributed by atoms with Gasteiger partial charge in [-0.3, -0.25) is 9.88 Å². The molecule has 0 radical (unpaired) electrons. The van der Waals surface area contributed by atoms with Crippen LogP contribution in [0, 0.1) is 17.8 Å². The lowest BCUT2D eigenvalue weighted by Crippen LogP contribution is -2.38. The highest BCUT2D eigenvalue weighted by molar-refractivity contribution is 5.55. The lowest BCUT2D eigenvalue weighted by molar-refractivity contribution is -0.0375. The standard InChI is InChI=1S/C23H29N7O/c1-2-17(8-24-5-1)21-13-30(28-27-21)22-6-18-10-29(12-20-9-25-15-26-20)11-19(18)7-23(22)31-14-16-3-4-16/h1-2,5,8-9,13,15-16,18-19,22-23H,3-4,6-7,10-12,14H2,(H,25,26)/t18-,19+,22-,23-/m1/s1. The van der Waals surface area contributed by atoms with Gasteiger partial charge in [0.05, 0.1) is 24.7 Å². The maximum absolute atomic E-state index is 6.50. The molecular formula is C23H29N7O. The number of rotatable bonds is 7. The predicted molar refractivity (Wildman–Crippen MR) is 115 cm³/mol. The maximum atomic E-state index is 6.50. The van der Waals surface area contributed by atoms with E-state index in [1.54, 1.807) is 12.5 Å². The highest BCUT2D eigenvalue weighted by Gasteiger charge is 2.44. The number of pyridine rings is 1. The van der Waals surface area contributed by atoms with Crippen LogP contribution in [0.1, 0.15) is 37.4 Å². The number of fused-ring (bicyclic) bond motifs is 1. The van der Waals surface area contributed by atoms with Crippen LogP contribution in [0.4, 0.5) is 0 Å². The highest BCUT2D eigenvalue weighted by Crippen LogP contribution is 2.43. The molecule has 2 aliphatic carbocycles. The number of H-pyrrole nitrogens is 1. The van der Waals surface area contributed by atoms with E-state index in [0.29, 0.717) is 11.8 Å². The van der Waals surface area contributed by atoms with Crippen molar-refractivity contribution in [3.8, 4) is 11.3 Å². The van der Waals surface area contributed by atoms with Crippen molar-refractivity contribution in [1.29, 1.82) is 0 Å². The molecule has 2 saturated carbocycles. The van der Waals surface area contributed by atoms with E-state index < -0.39 is 0 Å². The van der Waals surface area contributed by atoms with Gasteiger partial charge < -0.3 is 9.72 Å². The Morgan fingerprint density at radius 1 is 1.10 bits per heavy atom. The normalized spacial score (nSPS) is 28.6. The second-order valence-electron chi connectivity index (χ2n) is 9.47. The van der Waals surface area contributed by atoms with E-state index in [2.05, 4.69) is 41.0 Å².